The van der Waals surface area contributed by atoms with Crippen molar-refractivity contribution in [3.8, 4) is 0 Å². The van der Waals surface area contributed by atoms with Crippen LogP contribution in [-0.2, 0) is 33.6 Å². The second kappa shape index (κ2) is 29.1. The largest absolute Gasteiger partial charge is 0.328 e. The second-order valence-electron chi connectivity index (χ2n) is 13.9. The fourth-order valence-electron chi connectivity index (χ4n) is 5.79. The summed E-state index contributed by atoms with van der Waals surface area (Å²) >= 11 is 0. The van der Waals surface area contributed by atoms with Crippen LogP contribution in [0.2, 0.25) is 0 Å². The maximum Gasteiger partial charge on any atom is 0.319 e. The molecule has 3 saturated carbocycles. The number of nitrogens with zero attached hydrogens (tertiary/aromatic N) is 1. The standard InChI is InChI=1S/2C14H16N2O3.C8H7NO.C6H9NO2.CH3F.CH4.ClH/c2*1-9-3-2-4-10(7-9)15-14(19)16-12-6-5-11(17)8-13(12)18;1-7-3-2-4-8(5-7)9-6-10;7-5-2-1-4(8)3-6(5)9;1-2;;/h2*2-4,7,12H,5-6,8H2,1H3,(H2,15,16,19);2-5H,1H3;5H,1-3,7H2;1H3;1H4;1H/i;;;;1D;;. The van der Waals surface area contributed by atoms with Crippen LogP contribution in [-0.4, -0.2) is 78.1 Å². The first-order valence-corrected chi connectivity index (χ1v) is 18.7. The SMILES string of the molecule is C.Cc1cccc(N=C=O)c1.Cc1cccc(NC(=O)NC2CCC(=O)CC2=O)c1.Cc1cccc(NC(=O)NC2CCC(=O)CC2=O)c1.Cl.NC1CCC(=O)CC1=O.[2H]CF. The van der Waals surface area contributed by atoms with Gasteiger partial charge in [-0.1, -0.05) is 43.8 Å². The Morgan fingerprint density at radius 3 is 1.39 bits per heavy atom. The number of hydrogen-bond donors (Lipinski definition) is 5. The number of alkyl halides is 1. The fraction of sp³-hybridized carbons (Fsp3) is 0.386. The van der Waals surface area contributed by atoms with Crippen LogP contribution in [0.4, 0.5) is 31.0 Å². The van der Waals surface area contributed by atoms with Gasteiger partial charge in [-0.2, -0.15) is 4.99 Å². The summed E-state index contributed by atoms with van der Waals surface area (Å²) in [6.07, 6.45) is 3.89. The van der Waals surface area contributed by atoms with E-state index in [1.54, 1.807) is 18.2 Å². The number of Topliss-reactive ketones (excluding diaryl/α,β-unsaturated/α-hetero) is 6. The van der Waals surface area contributed by atoms with Gasteiger partial charge in [-0.15, -0.1) is 12.4 Å². The zero-order chi connectivity index (χ0) is 44.6. The van der Waals surface area contributed by atoms with Crippen LogP contribution in [0.25, 0.3) is 0 Å². The maximum atomic E-state index is 11.8. The normalized spacial score (nSPS) is 17.9. The number of urea groups is 2. The van der Waals surface area contributed by atoms with Gasteiger partial charge in [0.2, 0.25) is 6.08 Å². The summed E-state index contributed by atoms with van der Waals surface area (Å²) in [5.74, 6) is -0.608. The number of ketones is 6. The number of aliphatic imine (C=N–C) groups is 1. The van der Waals surface area contributed by atoms with Crippen LogP contribution in [0.3, 0.4) is 0 Å². The summed E-state index contributed by atoms with van der Waals surface area (Å²) in [5.41, 5.74) is 10.5. The van der Waals surface area contributed by atoms with E-state index in [1.165, 1.54) is 6.08 Å². The highest BCUT2D eigenvalue weighted by Gasteiger charge is 2.29. The van der Waals surface area contributed by atoms with E-state index in [9.17, 15) is 47.5 Å². The number of amides is 4. The minimum atomic E-state index is -1.00. The van der Waals surface area contributed by atoms with E-state index in [-0.39, 0.29) is 79.8 Å². The first-order chi connectivity index (χ1) is 28.5. The lowest BCUT2D eigenvalue weighted by atomic mass is 9.93. The molecule has 0 heterocycles. The highest BCUT2D eigenvalue weighted by Crippen LogP contribution is 2.15. The maximum absolute atomic E-state index is 11.8. The lowest BCUT2D eigenvalue weighted by molar-refractivity contribution is -0.132. The third-order valence-electron chi connectivity index (χ3n) is 8.80. The Bertz CT molecular complexity index is 1970. The van der Waals surface area contributed by atoms with Crippen molar-refractivity contribution in [2.45, 2.75) is 104 Å². The van der Waals surface area contributed by atoms with Gasteiger partial charge in [0.05, 0.1) is 51.6 Å². The van der Waals surface area contributed by atoms with Gasteiger partial charge in [0, 0.05) is 30.6 Å². The number of nitrogens with one attached hydrogen (secondary N) is 4. The Kier molecular flexibility index (Phi) is 25.2. The summed E-state index contributed by atoms with van der Waals surface area (Å²) < 4.78 is 15.5. The minimum Gasteiger partial charge on any atom is -0.328 e. The van der Waals surface area contributed by atoms with E-state index < -0.39 is 31.3 Å². The molecule has 0 spiro atoms. The predicted molar refractivity (Wildman–Crippen MR) is 234 cm³/mol. The van der Waals surface area contributed by atoms with E-state index >= 15 is 0 Å². The lowest BCUT2D eigenvalue weighted by Crippen LogP contribution is -2.46. The van der Waals surface area contributed by atoms with Crippen molar-refractivity contribution < 1.29 is 48.9 Å². The average molecular weight is 868 g/mol. The van der Waals surface area contributed by atoms with E-state index in [4.69, 9.17) is 7.10 Å². The number of anilines is 2. The van der Waals surface area contributed by atoms with Crippen LogP contribution < -0.4 is 27.0 Å². The molecule has 6 N–H and O–H groups in total. The number of aryl methyl sites for hydroxylation is 3. The Morgan fingerprint density at radius 1 is 0.672 bits per heavy atom. The lowest BCUT2D eigenvalue weighted by Gasteiger charge is -2.21. The number of carbonyl (C=O) groups is 8. The highest BCUT2D eigenvalue weighted by atomic mass is 35.5. The number of isocyanates is 1. The molecule has 0 saturated heterocycles. The van der Waals surface area contributed by atoms with Crippen molar-refractivity contribution >= 4 is 82.3 Å². The Hall–Kier alpha value is -6.22. The summed E-state index contributed by atoms with van der Waals surface area (Å²) in [6, 6.07) is 19.8. The number of hydrogen-bond acceptors (Lipinski definition) is 11. The molecule has 61 heavy (non-hydrogen) atoms. The quantitative estimate of drug-likeness (QED) is 0.101. The molecule has 3 atom stereocenters. The molecule has 3 unspecified atom stereocenters. The van der Waals surface area contributed by atoms with Crippen molar-refractivity contribution in [1.82, 2.24) is 10.6 Å². The Balaban J connectivity index is 0.000000809. The van der Waals surface area contributed by atoms with Gasteiger partial charge < -0.3 is 27.0 Å². The molecule has 0 radical (unpaired) electrons. The third kappa shape index (κ3) is 21.6. The van der Waals surface area contributed by atoms with Gasteiger partial charge >= 0.3 is 12.1 Å². The van der Waals surface area contributed by atoms with Crippen LogP contribution in [0.5, 0.6) is 0 Å². The number of rotatable bonds is 5. The van der Waals surface area contributed by atoms with Crippen LogP contribution >= 0.6 is 12.4 Å². The van der Waals surface area contributed by atoms with Gasteiger partial charge in [-0.25, -0.2) is 14.4 Å². The van der Waals surface area contributed by atoms with Crippen molar-refractivity contribution in [2.24, 2.45) is 10.7 Å². The molecule has 0 bridgehead atoms. The number of halogens is 2. The second-order valence-corrected chi connectivity index (χ2v) is 13.9. The van der Waals surface area contributed by atoms with Gasteiger partial charge in [0.25, 0.3) is 0 Å². The molecule has 4 amide bonds. The van der Waals surface area contributed by atoms with Gasteiger partial charge in [0.15, 0.2) is 17.3 Å². The summed E-state index contributed by atoms with van der Waals surface area (Å²) in [7, 11) is -1.00. The fourth-order valence-corrected chi connectivity index (χ4v) is 5.79. The van der Waals surface area contributed by atoms with Crippen molar-refractivity contribution in [1.29, 1.82) is 0 Å². The predicted octanol–water partition coefficient (Wildman–Crippen LogP) is 6.86. The topological polar surface area (TPSA) is 240 Å². The smallest absolute Gasteiger partial charge is 0.319 e. The Morgan fingerprint density at radius 2 is 1.05 bits per heavy atom. The van der Waals surface area contributed by atoms with Crippen LogP contribution in [0.1, 0.15) is 83.3 Å². The molecule has 3 aliphatic carbocycles. The highest BCUT2D eigenvalue weighted by molar-refractivity contribution is 6.06. The zero-order valence-corrected chi connectivity index (χ0v) is 34.5. The minimum absolute atomic E-state index is 0. The monoisotopic (exact) mass is 867 g/mol. The molecule has 0 aliphatic heterocycles. The number of carbonyl (C=O) groups excluding carboxylic acids is 9. The molecule has 3 aromatic rings. The molecule has 3 aliphatic rings. The third-order valence-corrected chi connectivity index (χ3v) is 8.80. The van der Waals surface area contributed by atoms with Crippen molar-refractivity contribution in [3.05, 3.63) is 89.5 Å². The Labute approximate surface area is 363 Å². The van der Waals surface area contributed by atoms with E-state index in [1.807, 2.05) is 75.4 Å². The van der Waals surface area contributed by atoms with E-state index in [0.717, 1.165) is 16.7 Å². The van der Waals surface area contributed by atoms with Crippen molar-refractivity contribution in [2.75, 3.05) is 17.8 Å². The molecular weight excluding hydrogens is 811 g/mol. The molecule has 3 aromatic carbocycles. The van der Waals surface area contributed by atoms with Crippen LogP contribution in [0.15, 0.2) is 77.8 Å². The van der Waals surface area contributed by atoms with Gasteiger partial charge in [-0.3, -0.25) is 33.2 Å². The summed E-state index contributed by atoms with van der Waals surface area (Å²) in [5, 5.41) is 10.6. The summed E-state index contributed by atoms with van der Waals surface area (Å²) in [6.45, 7) is 5.81. The van der Waals surface area contributed by atoms with E-state index in [0.29, 0.717) is 55.6 Å². The first-order valence-electron chi connectivity index (χ1n) is 19.4. The molecule has 15 nitrogen and oxygen atoms in total. The van der Waals surface area contributed by atoms with Crippen LogP contribution in [0, 0.1) is 20.8 Å². The molecule has 6 rings (SSSR count). The van der Waals surface area contributed by atoms with Crippen molar-refractivity contribution in [3.63, 3.8) is 0 Å². The van der Waals surface area contributed by atoms with Gasteiger partial charge in [-0.05, 0) is 93.1 Å². The zero-order valence-electron chi connectivity index (χ0n) is 34.7. The molecule has 0 aromatic heterocycles. The molecule has 17 heteroatoms. The number of benzene rings is 3. The van der Waals surface area contributed by atoms with Gasteiger partial charge in [0.1, 0.15) is 17.3 Å². The molecule has 3 fully saturated rings. The average Bonchev–Trinajstić information content (AvgIpc) is 3.17. The first kappa shape index (κ1) is 52.8. The number of nitrogens with two attached hydrogens (primary N) is 1. The molecular formula is C44H56ClFN6O9. The van der Waals surface area contributed by atoms with E-state index in [2.05, 4.69) is 26.3 Å². The summed E-state index contributed by atoms with van der Waals surface area (Å²) in [4.78, 5) is 103. The molecule has 330 valence electrons.